The second kappa shape index (κ2) is 35.8. The zero-order valence-electron chi connectivity index (χ0n) is 41.5. The lowest BCUT2D eigenvalue weighted by Gasteiger charge is -2.48. The normalized spacial score (nSPS) is 33.0. The van der Waals surface area contributed by atoms with Crippen LogP contribution in [0.25, 0.3) is 0 Å². The molecule has 0 aliphatic carbocycles. The summed E-state index contributed by atoms with van der Waals surface area (Å²) in [5.41, 5.74) is 0. The van der Waals surface area contributed by atoms with Crippen molar-refractivity contribution >= 4 is 5.91 Å². The van der Waals surface area contributed by atoms with Crippen LogP contribution in [-0.2, 0) is 33.2 Å². The molecular weight excluding hydrogens is 915 g/mol. The molecule has 70 heavy (non-hydrogen) atoms. The average Bonchev–Trinajstić information content (AvgIpc) is 3.35. The van der Waals surface area contributed by atoms with Gasteiger partial charge < -0.3 is 89.9 Å². The van der Waals surface area contributed by atoms with Gasteiger partial charge in [0.25, 0.3) is 0 Å². The molecule has 0 saturated carbocycles. The van der Waals surface area contributed by atoms with E-state index in [1.54, 1.807) is 0 Å². The fourth-order valence-corrected chi connectivity index (χ4v) is 8.62. The second-order valence-corrected chi connectivity index (χ2v) is 18.6. The lowest BCUT2D eigenvalue weighted by Crippen LogP contribution is -2.66. The van der Waals surface area contributed by atoms with Crippen LogP contribution in [0.2, 0.25) is 0 Å². The van der Waals surface area contributed by atoms with E-state index < -0.39 is 124 Å². The first-order valence-corrected chi connectivity index (χ1v) is 25.9. The van der Waals surface area contributed by atoms with E-state index >= 15 is 0 Å². The Morgan fingerprint density at radius 2 is 0.957 bits per heavy atom. The molecule has 406 valence electrons. The van der Waals surface area contributed by atoms with Gasteiger partial charge in [-0.2, -0.15) is 0 Å². The summed E-state index contributed by atoms with van der Waals surface area (Å²) >= 11 is 0. The number of hydrogen-bond acceptors (Lipinski definition) is 18. The van der Waals surface area contributed by atoms with E-state index in [4.69, 9.17) is 28.4 Å². The van der Waals surface area contributed by atoms with E-state index in [2.05, 4.69) is 55.6 Å². The van der Waals surface area contributed by atoms with Gasteiger partial charge in [-0.05, 0) is 38.5 Å². The maximum absolute atomic E-state index is 13.2. The molecule has 0 aromatic carbocycles. The van der Waals surface area contributed by atoms with Gasteiger partial charge in [0.2, 0.25) is 5.91 Å². The van der Waals surface area contributed by atoms with E-state index in [1.165, 1.54) is 51.4 Å². The number of unbranched alkanes of at least 4 members (excludes halogenated alkanes) is 11. The lowest BCUT2D eigenvalue weighted by molar-refractivity contribution is -0.379. The van der Waals surface area contributed by atoms with Gasteiger partial charge in [-0.1, -0.05) is 140 Å². The van der Waals surface area contributed by atoms with E-state index in [-0.39, 0.29) is 18.9 Å². The highest BCUT2D eigenvalue weighted by atomic mass is 16.8. The number of carbonyl (C=O) groups is 1. The van der Waals surface area contributed by atoms with Gasteiger partial charge in [-0.25, -0.2) is 0 Å². The predicted molar refractivity (Wildman–Crippen MR) is 259 cm³/mol. The van der Waals surface area contributed by atoms with Crippen LogP contribution in [0, 0.1) is 0 Å². The minimum atomic E-state index is -1.98. The molecule has 12 N–H and O–H groups in total. The largest absolute Gasteiger partial charge is 0.394 e. The summed E-state index contributed by atoms with van der Waals surface area (Å²) in [5, 5.41) is 120. The summed E-state index contributed by atoms with van der Waals surface area (Å²) in [6.07, 6.45) is 8.12. The molecule has 3 rings (SSSR count). The second-order valence-electron chi connectivity index (χ2n) is 18.6. The van der Waals surface area contributed by atoms with Crippen molar-refractivity contribution in [3.05, 3.63) is 48.6 Å². The monoisotopic (exact) mass is 1000 g/mol. The van der Waals surface area contributed by atoms with Gasteiger partial charge in [0.1, 0.15) is 73.2 Å². The molecule has 0 spiro atoms. The highest BCUT2D eigenvalue weighted by molar-refractivity contribution is 5.76. The van der Waals surface area contributed by atoms with Crippen molar-refractivity contribution in [1.82, 2.24) is 5.32 Å². The van der Waals surface area contributed by atoms with Crippen molar-refractivity contribution in [2.75, 3.05) is 26.4 Å². The third-order valence-corrected chi connectivity index (χ3v) is 12.9. The third-order valence-electron chi connectivity index (χ3n) is 12.9. The van der Waals surface area contributed by atoms with E-state index in [0.29, 0.717) is 19.3 Å². The van der Waals surface area contributed by atoms with Crippen LogP contribution in [0.3, 0.4) is 0 Å². The van der Waals surface area contributed by atoms with Gasteiger partial charge in [-0.15, -0.1) is 0 Å². The molecule has 0 aromatic rings. The highest BCUT2D eigenvalue weighted by Crippen LogP contribution is 2.33. The molecule has 3 heterocycles. The van der Waals surface area contributed by atoms with E-state index in [9.17, 15) is 61.0 Å². The SMILES string of the molecule is CC/C=C\C/C=C\C/C=C\C/C=C\CCC(=O)NC(COC1OC(CO)C(OC2OC(CO)C(OC3OC(CO)C(O)C(O)C3O)C(O)C2O)C(O)C1O)C(O)CCCCCCCCCCCCCC. The number of aliphatic hydroxyl groups excluding tert-OH is 11. The van der Waals surface area contributed by atoms with Crippen molar-refractivity contribution in [2.24, 2.45) is 0 Å². The Hall–Kier alpha value is -2.25. The van der Waals surface area contributed by atoms with Crippen LogP contribution in [0.15, 0.2) is 48.6 Å². The Labute approximate surface area is 414 Å². The number of hydrogen-bond donors (Lipinski definition) is 12. The molecule has 0 aromatic heterocycles. The van der Waals surface area contributed by atoms with Crippen molar-refractivity contribution in [3.63, 3.8) is 0 Å². The third kappa shape index (κ3) is 21.3. The molecule has 0 radical (unpaired) electrons. The molecular formula is C51H89NO18. The highest BCUT2D eigenvalue weighted by Gasteiger charge is 2.53. The Balaban J connectivity index is 1.58. The van der Waals surface area contributed by atoms with Crippen LogP contribution in [0.1, 0.15) is 136 Å². The first kappa shape index (κ1) is 62.0. The molecule has 17 unspecified atom stereocenters. The first-order valence-electron chi connectivity index (χ1n) is 25.9. The lowest BCUT2D eigenvalue weighted by atomic mass is 9.96. The Bertz CT molecular complexity index is 1480. The topological polar surface area (TPSA) is 307 Å². The minimum Gasteiger partial charge on any atom is -0.394 e. The fraction of sp³-hybridized carbons (Fsp3) is 0.824. The maximum Gasteiger partial charge on any atom is 0.220 e. The zero-order chi connectivity index (χ0) is 51.3. The van der Waals surface area contributed by atoms with Crippen molar-refractivity contribution in [3.8, 4) is 0 Å². The van der Waals surface area contributed by atoms with Crippen LogP contribution >= 0.6 is 0 Å². The molecule has 3 aliphatic rings. The number of aliphatic hydroxyl groups is 11. The minimum absolute atomic E-state index is 0.143. The van der Waals surface area contributed by atoms with Gasteiger partial charge in [0.05, 0.1) is 38.6 Å². The van der Waals surface area contributed by atoms with Crippen LogP contribution in [0.4, 0.5) is 0 Å². The van der Waals surface area contributed by atoms with Gasteiger partial charge in [0, 0.05) is 6.42 Å². The summed E-state index contributed by atoms with van der Waals surface area (Å²) in [6.45, 7) is 1.56. The first-order chi connectivity index (χ1) is 33.8. The quantitative estimate of drug-likeness (QED) is 0.0319. The number of amides is 1. The fourth-order valence-electron chi connectivity index (χ4n) is 8.62. The number of ether oxygens (including phenoxy) is 6. The predicted octanol–water partition coefficient (Wildman–Crippen LogP) is 1.97. The van der Waals surface area contributed by atoms with Crippen molar-refractivity contribution < 1.29 is 89.4 Å². The number of allylic oxidation sites excluding steroid dienone is 8. The molecule has 3 aliphatic heterocycles. The molecule has 0 bridgehead atoms. The Morgan fingerprint density at radius 3 is 1.46 bits per heavy atom. The van der Waals surface area contributed by atoms with Gasteiger partial charge >= 0.3 is 0 Å². The zero-order valence-corrected chi connectivity index (χ0v) is 41.5. The molecule has 19 nitrogen and oxygen atoms in total. The summed E-state index contributed by atoms with van der Waals surface area (Å²) in [4.78, 5) is 13.2. The summed E-state index contributed by atoms with van der Waals surface area (Å²) in [5.74, 6) is -0.327. The van der Waals surface area contributed by atoms with E-state index in [1.807, 2.05) is 12.2 Å². The van der Waals surface area contributed by atoms with E-state index in [0.717, 1.165) is 44.9 Å². The average molecular weight is 1000 g/mol. The smallest absolute Gasteiger partial charge is 0.220 e. The Kier molecular flexibility index (Phi) is 31.8. The number of nitrogens with one attached hydrogen (secondary N) is 1. The number of rotatable bonds is 35. The summed E-state index contributed by atoms with van der Waals surface area (Å²) in [6, 6.07) is -0.923. The van der Waals surface area contributed by atoms with Gasteiger partial charge in [0.15, 0.2) is 18.9 Å². The van der Waals surface area contributed by atoms with Gasteiger partial charge in [-0.3, -0.25) is 4.79 Å². The summed E-state index contributed by atoms with van der Waals surface area (Å²) in [7, 11) is 0. The summed E-state index contributed by atoms with van der Waals surface area (Å²) < 4.78 is 34.1. The standard InChI is InChI=1S/C51H89NO18/c1-3-5-7-9-11-13-15-17-19-21-23-25-27-29-39(57)52-34(35(56)28-26-24-22-20-18-16-14-12-10-8-6-4-2)33-65-49-45(63)42(60)47(37(31-54)67-49)70-51-46(64)43(61)48(38(32-55)68-51)69-50-44(62)41(59)40(58)36(30-53)66-50/h5,7,11,13,17,19,23,25,34-38,40-51,53-56,58-64H,3-4,6,8-10,12,14-16,18,20-22,24,26-33H2,1-2H3,(H,52,57)/b7-5-,13-11-,19-17-,25-23-. The molecule has 1 amide bonds. The Morgan fingerprint density at radius 1 is 0.529 bits per heavy atom. The van der Waals surface area contributed by atoms with Crippen molar-refractivity contribution in [2.45, 2.75) is 240 Å². The van der Waals surface area contributed by atoms with Crippen LogP contribution in [0.5, 0.6) is 0 Å². The molecule has 17 atom stereocenters. The number of carbonyl (C=O) groups excluding carboxylic acids is 1. The van der Waals surface area contributed by atoms with Crippen LogP contribution in [-0.4, -0.2) is 193 Å². The maximum atomic E-state index is 13.2. The van der Waals surface area contributed by atoms with Crippen molar-refractivity contribution in [1.29, 1.82) is 0 Å². The molecule has 3 saturated heterocycles. The molecule has 19 heteroatoms. The van der Waals surface area contributed by atoms with Crippen LogP contribution < -0.4 is 5.32 Å². The molecule has 3 fully saturated rings.